The van der Waals surface area contributed by atoms with Crippen LogP contribution in [0.25, 0.3) is 0 Å². The molecular weight excluding hydrogens is 354 g/mol. The molecule has 0 radical (unpaired) electrons. The predicted molar refractivity (Wildman–Crippen MR) is 110 cm³/mol. The molecule has 0 amide bonds. The molecule has 2 bridgehead atoms. The second-order valence-electron chi connectivity index (χ2n) is 8.14. The van der Waals surface area contributed by atoms with Gasteiger partial charge in [-0.15, -0.1) is 0 Å². The molecule has 0 saturated carbocycles. The van der Waals surface area contributed by atoms with Crippen LogP contribution >= 0.6 is 0 Å². The van der Waals surface area contributed by atoms with E-state index in [4.69, 9.17) is 14.2 Å². The minimum absolute atomic E-state index is 0.0474. The number of benzene rings is 1. The zero-order valence-corrected chi connectivity index (χ0v) is 17.1. The maximum atomic E-state index is 5.97. The first-order valence-electron chi connectivity index (χ1n) is 10.7. The average Bonchev–Trinajstić information content (AvgIpc) is 3.36. The number of nitrogens with zero attached hydrogens (tertiary/aromatic N) is 1. The SMILES string of the molecule is CCOc1ccc(C2(CNC(=NC)NC3CC4CCC3O4)CCOCC2)cc1. The van der Waals surface area contributed by atoms with Gasteiger partial charge in [-0.05, 0) is 56.7 Å². The van der Waals surface area contributed by atoms with Crippen LogP contribution in [-0.4, -0.2) is 57.6 Å². The lowest BCUT2D eigenvalue weighted by atomic mass is 9.74. The molecular formula is C22H33N3O3. The van der Waals surface area contributed by atoms with Gasteiger partial charge in [0.1, 0.15) is 5.75 Å². The fraction of sp³-hybridized carbons (Fsp3) is 0.682. The third kappa shape index (κ3) is 4.13. The summed E-state index contributed by atoms with van der Waals surface area (Å²) < 4.78 is 17.3. The monoisotopic (exact) mass is 387 g/mol. The Morgan fingerprint density at radius 2 is 2.00 bits per heavy atom. The highest BCUT2D eigenvalue weighted by atomic mass is 16.5. The second-order valence-corrected chi connectivity index (χ2v) is 8.14. The molecule has 3 saturated heterocycles. The Bertz CT molecular complexity index is 670. The van der Waals surface area contributed by atoms with Gasteiger partial charge in [0.05, 0.1) is 24.9 Å². The molecule has 0 aliphatic carbocycles. The smallest absolute Gasteiger partial charge is 0.191 e. The molecule has 3 aliphatic rings. The summed E-state index contributed by atoms with van der Waals surface area (Å²) in [4.78, 5) is 4.47. The minimum atomic E-state index is 0.0474. The van der Waals surface area contributed by atoms with Crippen LogP contribution in [0.5, 0.6) is 5.75 Å². The summed E-state index contributed by atoms with van der Waals surface area (Å²) in [6, 6.07) is 8.95. The summed E-state index contributed by atoms with van der Waals surface area (Å²) in [5.41, 5.74) is 1.39. The first-order chi connectivity index (χ1) is 13.7. The highest BCUT2D eigenvalue weighted by molar-refractivity contribution is 5.80. The average molecular weight is 388 g/mol. The van der Waals surface area contributed by atoms with Gasteiger partial charge in [-0.2, -0.15) is 0 Å². The van der Waals surface area contributed by atoms with Crippen molar-refractivity contribution in [3.8, 4) is 5.75 Å². The molecule has 154 valence electrons. The van der Waals surface area contributed by atoms with Crippen LogP contribution in [-0.2, 0) is 14.9 Å². The summed E-state index contributed by atoms with van der Waals surface area (Å²) in [5.74, 6) is 1.80. The van der Waals surface area contributed by atoms with Gasteiger partial charge in [0.15, 0.2) is 5.96 Å². The molecule has 3 aliphatic heterocycles. The van der Waals surface area contributed by atoms with Crippen molar-refractivity contribution in [2.24, 2.45) is 4.99 Å². The molecule has 2 N–H and O–H groups in total. The standard InChI is InChI=1S/C22H33N3O3/c1-3-27-17-6-4-16(5-7-17)22(10-12-26-13-11-22)15-24-21(23-2)25-19-14-18-8-9-20(19)28-18/h4-7,18-20H,3,8-15H2,1-2H3,(H2,23,24,25). The topological polar surface area (TPSA) is 64.1 Å². The van der Waals surface area contributed by atoms with E-state index < -0.39 is 0 Å². The largest absolute Gasteiger partial charge is 0.494 e. The molecule has 1 aromatic rings. The molecule has 0 aromatic heterocycles. The number of hydrogen-bond donors (Lipinski definition) is 2. The molecule has 6 nitrogen and oxygen atoms in total. The first-order valence-corrected chi connectivity index (χ1v) is 10.7. The fourth-order valence-electron chi connectivity index (χ4n) is 4.81. The second kappa shape index (κ2) is 8.70. The van der Waals surface area contributed by atoms with E-state index in [0.717, 1.165) is 57.2 Å². The number of aliphatic imine (C=N–C) groups is 1. The molecule has 4 rings (SSSR count). The molecule has 28 heavy (non-hydrogen) atoms. The zero-order valence-electron chi connectivity index (χ0n) is 17.1. The van der Waals surface area contributed by atoms with Crippen molar-refractivity contribution in [1.29, 1.82) is 0 Å². The number of guanidine groups is 1. The van der Waals surface area contributed by atoms with Crippen molar-refractivity contribution >= 4 is 5.96 Å². The summed E-state index contributed by atoms with van der Waals surface area (Å²) in [6.07, 6.45) is 6.23. The third-order valence-corrected chi connectivity index (χ3v) is 6.47. The number of fused-ring (bicyclic) bond motifs is 2. The predicted octanol–water partition coefficient (Wildman–Crippen LogP) is 2.62. The molecule has 3 unspecified atom stereocenters. The van der Waals surface area contributed by atoms with Gasteiger partial charge in [-0.25, -0.2) is 0 Å². The van der Waals surface area contributed by atoms with Gasteiger partial charge in [-0.1, -0.05) is 12.1 Å². The molecule has 3 atom stereocenters. The summed E-state index contributed by atoms with van der Waals surface area (Å²) in [5, 5.41) is 7.19. The first kappa shape index (κ1) is 19.5. The van der Waals surface area contributed by atoms with Crippen molar-refractivity contribution in [2.75, 3.05) is 33.4 Å². The van der Waals surface area contributed by atoms with E-state index in [-0.39, 0.29) is 5.41 Å². The van der Waals surface area contributed by atoms with Crippen LogP contribution in [0.3, 0.4) is 0 Å². The van der Waals surface area contributed by atoms with E-state index in [0.29, 0.717) is 24.9 Å². The number of rotatable bonds is 6. The highest BCUT2D eigenvalue weighted by Gasteiger charge is 2.41. The Balaban J connectivity index is 1.42. The van der Waals surface area contributed by atoms with Gasteiger partial charge >= 0.3 is 0 Å². The van der Waals surface area contributed by atoms with E-state index >= 15 is 0 Å². The third-order valence-electron chi connectivity index (χ3n) is 6.47. The summed E-state index contributed by atoms with van der Waals surface area (Å²) in [6.45, 7) is 5.13. The van der Waals surface area contributed by atoms with E-state index in [9.17, 15) is 0 Å². The lowest BCUT2D eigenvalue weighted by molar-refractivity contribution is 0.0513. The van der Waals surface area contributed by atoms with E-state index in [1.165, 1.54) is 12.0 Å². The fourth-order valence-corrected chi connectivity index (χ4v) is 4.81. The zero-order chi connectivity index (χ0) is 19.4. The molecule has 0 spiro atoms. The van der Waals surface area contributed by atoms with Crippen molar-refractivity contribution < 1.29 is 14.2 Å². The quantitative estimate of drug-likeness (QED) is 0.580. The van der Waals surface area contributed by atoms with Crippen LogP contribution in [0.1, 0.15) is 44.6 Å². The Kier molecular flexibility index (Phi) is 6.07. The van der Waals surface area contributed by atoms with Crippen molar-refractivity contribution in [2.45, 2.75) is 62.7 Å². The molecule has 3 heterocycles. The number of hydrogen-bond acceptors (Lipinski definition) is 4. The van der Waals surface area contributed by atoms with Crippen LogP contribution in [0, 0.1) is 0 Å². The number of ether oxygens (including phenoxy) is 3. The van der Waals surface area contributed by atoms with Crippen LogP contribution in [0.15, 0.2) is 29.3 Å². The number of nitrogens with one attached hydrogen (secondary N) is 2. The van der Waals surface area contributed by atoms with Gasteiger partial charge in [-0.3, -0.25) is 4.99 Å². The summed E-state index contributed by atoms with van der Waals surface area (Å²) >= 11 is 0. The minimum Gasteiger partial charge on any atom is -0.494 e. The van der Waals surface area contributed by atoms with Crippen LogP contribution < -0.4 is 15.4 Å². The Hall–Kier alpha value is -1.79. The van der Waals surface area contributed by atoms with Crippen LogP contribution in [0.4, 0.5) is 0 Å². The molecule has 1 aromatic carbocycles. The van der Waals surface area contributed by atoms with E-state index in [1.54, 1.807) is 0 Å². The van der Waals surface area contributed by atoms with Crippen LogP contribution in [0.2, 0.25) is 0 Å². The lowest BCUT2D eigenvalue weighted by Gasteiger charge is -2.38. The van der Waals surface area contributed by atoms with E-state index in [2.05, 4.69) is 39.9 Å². The highest BCUT2D eigenvalue weighted by Crippen LogP contribution is 2.36. The van der Waals surface area contributed by atoms with Crippen molar-refractivity contribution in [3.63, 3.8) is 0 Å². The normalized spacial score (nSPS) is 28.9. The maximum Gasteiger partial charge on any atom is 0.191 e. The van der Waals surface area contributed by atoms with Crippen molar-refractivity contribution in [3.05, 3.63) is 29.8 Å². The van der Waals surface area contributed by atoms with Gasteiger partial charge in [0, 0.05) is 32.2 Å². The molecule has 6 heteroatoms. The lowest BCUT2D eigenvalue weighted by Crippen LogP contribution is -2.51. The summed E-state index contributed by atoms with van der Waals surface area (Å²) in [7, 11) is 1.84. The molecule has 3 fully saturated rings. The Labute approximate surface area is 168 Å². The Morgan fingerprint density at radius 3 is 2.61 bits per heavy atom. The van der Waals surface area contributed by atoms with E-state index in [1.807, 2.05) is 14.0 Å². The van der Waals surface area contributed by atoms with Gasteiger partial charge in [0.2, 0.25) is 0 Å². The maximum absolute atomic E-state index is 5.97. The van der Waals surface area contributed by atoms with Gasteiger partial charge in [0.25, 0.3) is 0 Å². The Morgan fingerprint density at radius 1 is 1.21 bits per heavy atom. The van der Waals surface area contributed by atoms with Gasteiger partial charge < -0.3 is 24.8 Å². The van der Waals surface area contributed by atoms with Crippen molar-refractivity contribution in [1.82, 2.24) is 10.6 Å².